The Morgan fingerprint density at radius 1 is 1.59 bits per heavy atom. The summed E-state index contributed by atoms with van der Waals surface area (Å²) in [7, 11) is 0. The number of hydrogen-bond donors (Lipinski definition) is 0. The van der Waals surface area contributed by atoms with Gasteiger partial charge in [0, 0.05) is 23.6 Å². The Morgan fingerprint density at radius 3 is 3.12 bits per heavy atom. The van der Waals surface area contributed by atoms with Gasteiger partial charge in [-0.25, -0.2) is 4.79 Å². The summed E-state index contributed by atoms with van der Waals surface area (Å²) in [5, 5.41) is 0. The highest BCUT2D eigenvalue weighted by molar-refractivity contribution is 9.10. The van der Waals surface area contributed by atoms with E-state index in [2.05, 4.69) is 20.9 Å². The summed E-state index contributed by atoms with van der Waals surface area (Å²) < 4.78 is 11.1. The molecule has 1 amide bonds. The molecule has 1 saturated heterocycles. The molecule has 0 bridgehead atoms. The van der Waals surface area contributed by atoms with Gasteiger partial charge in [0.15, 0.2) is 6.10 Å². The molecule has 1 aromatic rings. The first-order chi connectivity index (χ1) is 8.24. The quantitative estimate of drug-likeness (QED) is 0.792. The molecule has 0 atom stereocenters. The van der Waals surface area contributed by atoms with Crippen LogP contribution in [0.2, 0.25) is 0 Å². The SMILES string of the molecule is O=C(OC1COC1)N1CCc2ncc(Br)cc21. The molecule has 5 nitrogen and oxygen atoms in total. The van der Waals surface area contributed by atoms with Gasteiger partial charge in [0.25, 0.3) is 0 Å². The molecule has 2 aliphatic rings. The van der Waals surface area contributed by atoms with Gasteiger partial charge in [-0.15, -0.1) is 0 Å². The lowest BCUT2D eigenvalue weighted by molar-refractivity contribution is -0.0964. The number of carbonyl (C=O) groups excluding carboxylic acids is 1. The number of halogens is 1. The second-order valence-electron chi connectivity index (χ2n) is 4.06. The first-order valence-electron chi connectivity index (χ1n) is 5.44. The Kier molecular flexibility index (Phi) is 2.76. The molecular weight excluding hydrogens is 288 g/mol. The number of pyridine rings is 1. The molecule has 3 rings (SSSR count). The van der Waals surface area contributed by atoms with Crippen LogP contribution in [0, 0.1) is 0 Å². The summed E-state index contributed by atoms with van der Waals surface area (Å²) in [4.78, 5) is 17.8. The monoisotopic (exact) mass is 298 g/mol. The van der Waals surface area contributed by atoms with Crippen LogP contribution < -0.4 is 4.90 Å². The summed E-state index contributed by atoms with van der Waals surface area (Å²) in [6.07, 6.45) is 2.12. The predicted molar refractivity (Wildman–Crippen MR) is 64.1 cm³/mol. The molecule has 90 valence electrons. The lowest BCUT2D eigenvalue weighted by atomic mass is 10.3. The molecule has 17 heavy (non-hydrogen) atoms. The molecule has 1 aromatic heterocycles. The summed E-state index contributed by atoms with van der Waals surface area (Å²) in [6.45, 7) is 1.64. The number of aromatic nitrogens is 1. The molecular formula is C11H11BrN2O3. The zero-order chi connectivity index (χ0) is 11.8. The molecule has 6 heteroatoms. The number of nitrogens with zero attached hydrogens (tertiary/aromatic N) is 2. The number of fused-ring (bicyclic) bond motifs is 1. The third kappa shape index (κ3) is 2.02. The highest BCUT2D eigenvalue weighted by Gasteiger charge is 2.31. The topological polar surface area (TPSA) is 51.7 Å². The standard InChI is InChI=1S/C11H11BrN2O3/c12-7-3-10-9(13-4-7)1-2-14(10)11(15)17-8-5-16-6-8/h3-4,8H,1-2,5-6H2. The van der Waals surface area contributed by atoms with Crippen LogP contribution in [0.15, 0.2) is 16.7 Å². The van der Waals surface area contributed by atoms with Crippen molar-refractivity contribution >= 4 is 27.7 Å². The lowest BCUT2D eigenvalue weighted by Gasteiger charge is -2.28. The second-order valence-corrected chi connectivity index (χ2v) is 4.98. The maximum Gasteiger partial charge on any atom is 0.414 e. The van der Waals surface area contributed by atoms with E-state index in [-0.39, 0.29) is 12.2 Å². The van der Waals surface area contributed by atoms with Gasteiger partial charge in [0.05, 0.1) is 24.6 Å². The molecule has 1 fully saturated rings. The zero-order valence-corrected chi connectivity index (χ0v) is 10.6. The number of ether oxygens (including phenoxy) is 2. The van der Waals surface area contributed by atoms with Crippen LogP contribution in [0.25, 0.3) is 0 Å². The third-order valence-electron chi connectivity index (χ3n) is 2.87. The highest BCUT2D eigenvalue weighted by atomic mass is 79.9. The molecule has 0 saturated carbocycles. The number of anilines is 1. The van der Waals surface area contributed by atoms with Crippen molar-refractivity contribution in [3.8, 4) is 0 Å². The molecule has 0 spiro atoms. The van der Waals surface area contributed by atoms with E-state index >= 15 is 0 Å². The average molecular weight is 299 g/mol. The number of rotatable bonds is 1. The van der Waals surface area contributed by atoms with Crippen LogP contribution in [0.5, 0.6) is 0 Å². The van der Waals surface area contributed by atoms with Gasteiger partial charge in [0.2, 0.25) is 0 Å². The van der Waals surface area contributed by atoms with E-state index in [1.807, 2.05) is 6.07 Å². The van der Waals surface area contributed by atoms with Gasteiger partial charge in [0.1, 0.15) is 0 Å². The minimum atomic E-state index is -0.308. The van der Waals surface area contributed by atoms with Crippen LogP contribution in [0.1, 0.15) is 5.69 Å². The van der Waals surface area contributed by atoms with Crippen molar-refractivity contribution in [2.24, 2.45) is 0 Å². The minimum absolute atomic E-state index is 0.0911. The van der Waals surface area contributed by atoms with E-state index in [4.69, 9.17) is 9.47 Å². The number of carbonyl (C=O) groups is 1. The van der Waals surface area contributed by atoms with Crippen molar-refractivity contribution in [2.45, 2.75) is 12.5 Å². The Morgan fingerprint density at radius 2 is 2.41 bits per heavy atom. The average Bonchev–Trinajstić information content (AvgIpc) is 2.66. The van der Waals surface area contributed by atoms with Gasteiger partial charge < -0.3 is 9.47 Å². The predicted octanol–water partition coefficient (Wildman–Crippen LogP) is 1.74. The van der Waals surface area contributed by atoms with Crippen LogP contribution in [0.3, 0.4) is 0 Å². The molecule has 3 heterocycles. The van der Waals surface area contributed by atoms with Crippen LogP contribution in [-0.4, -0.2) is 36.9 Å². The highest BCUT2D eigenvalue weighted by Crippen LogP contribution is 2.29. The van der Waals surface area contributed by atoms with Crippen LogP contribution in [0.4, 0.5) is 10.5 Å². The van der Waals surface area contributed by atoms with E-state index in [9.17, 15) is 4.79 Å². The summed E-state index contributed by atoms with van der Waals surface area (Å²) in [5.41, 5.74) is 1.78. The molecule has 0 N–H and O–H groups in total. The van der Waals surface area contributed by atoms with Gasteiger partial charge in [-0.1, -0.05) is 0 Å². The van der Waals surface area contributed by atoms with Crippen LogP contribution >= 0.6 is 15.9 Å². The maximum absolute atomic E-state index is 11.9. The Balaban J connectivity index is 1.77. The Labute approximate surface area is 107 Å². The minimum Gasteiger partial charge on any atom is -0.441 e. The molecule has 2 aliphatic heterocycles. The molecule has 0 unspecified atom stereocenters. The summed E-state index contributed by atoms with van der Waals surface area (Å²) in [5.74, 6) is 0. The van der Waals surface area contributed by atoms with E-state index in [1.54, 1.807) is 11.1 Å². The van der Waals surface area contributed by atoms with Crippen LogP contribution in [-0.2, 0) is 15.9 Å². The number of hydrogen-bond acceptors (Lipinski definition) is 4. The van der Waals surface area contributed by atoms with E-state index < -0.39 is 0 Å². The fourth-order valence-electron chi connectivity index (χ4n) is 1.90. The smallest absolute Gasteiger partial charge is 0.414 e. The molecule has 0 aromatic carbocycles. The molecule has 0 radical (unpaired) electrons. The second kappa shape index (κ2) is 4.27. The Hall–Kier alpha value is -1.14. The Bertz CT molecular complexity index is 462. The fourth-order valence-corrected chi connectivity index (χ4v) is 2.22. The van der Waals surface area contributed by atoms with E-state index in [1.165, 1.54) is 0 Å². The van der Waals surface area contributed by atoms with Gasteiger partial charge in [-0.3, -0.25) is 9.88 Å². The van der Waals surface area contributed by atoms with Crippen molar-refractivity contribution in [1.82, 2.24) is 4.98 Å². The zero-order valence-electron chi connectivity index (χ0n) is 9.06. The van der Waals surface area contributed by atoms with Gasteiger partial charge in [-0.2, -0.15) is 0 Å². The van der Waals surface area contributed by atoms with Gasteiger partial charge in [-0.05, 0) is 22.0 Å². The first-order valence-corrected chi connectivity index (χ1v) is 6.23. The largest absolute Gasteiger partial charge is 0.441 e. The summed E-state index contributed by atoms with van der Waals surface area (Å²) >= 11 is 3.36. The van der Waals surface area contributed by atoms with Crippen molar-refractivity contribution in [1.29, 1.82) is 0 Å². The molecule has 0 aliphatic carbocycles. The van der Waals surface area contributed by atoms with Crippen molar-refractivity contribution in [2.75, 3.05) is 24.7 Å². The maximum atomic E-state index is 11.9. The normalized spacial score (nSPS) is 18.8. The van der Waals surface area contributed by atoms with E-state index in [0.29, 0.717) is 19.8 Å². The van der Waals surface area contributed by atoms with Gasteiger partial charge >= 0.3 is 6.09 Å². The summed E-state index contributed by atoms with van der Waals surface area (Å²) in [6, 6.07) is 1.90. The third-order valence-corrected chi connectivity index (χ3v) is 3.31. The lowest BCUT2D eigenvalue weighted by Crippen LogP contribution is -2.42. The van der Waals surface area contributed by atoms with Crippen molar-refractivity contribution < 1.29 is 14.3 Å². The first kappa shape index (κ1) is 11.0. The number of amides is 1. The van der Waals surface area contributed by atoms with Crippen molar-refractivity contribution in [3.63, 3.8) is 0 Å². The van der Waals surface area contributed by atoms with E-state index in [0.717, 1.165) is 22.3 Å². The fraction of sp³-hybridized carbons (Fsp3) is 0.455. The van der Waals surface area contributed by atoms with Crippen molar-refractivity contribution in [3.05, 3.63) is 22.4 Å².